The smallest absolute Gasteiger partial charge is 0.351 e. The average Bonchev–Trinajstić information content (AvgIpc) is 1.61. The number of phosphoric acid groups is 2. The number of fused-ring (bicyclic) bond motifs is 3. The molecule has 11 unspecified atom stereocenters. The van der Waals surface area contributed by atoms with Crippen LogP contribution in [0.5, 0.6) is 0 Å². The molecule has 0 spiro atoms. The molecule has 0 aromatic carbocycles. The van der Waals surface area contributed by atoms with Crippen LogP contribution in [-0.2, 0) is 171 Å². The van der Waals surface area contributed by atoms with Crippen LogP contribution in [0.4, 0.5) is 29.2 Å². The highest BCUT2D eigenvalue weighted by atomic mass is 32.7. The number of aromatic nitrogens is 18. The van der Waals surface area contributed by atoms with Gasteiger partial charge in [-0.25, -0.2) is 49.3 Å². The number of hydrogen-bond donors (Lipinski definition) is 8. The Bertz CT molecular complexity index is 6640. The minimum atomic E-state index is -6.23. The zero-order chi connectivity index (χ0) is 105. The summed E-state index contributed by atoms with van der Waals surface area (Å²) in [6.45, 7) is -17.0. The number of phosphoric ester groups is 2. The number of aliphatic hydroxyl groups excluding tert-OH is 1. The summed E-state index contributed by atoms with van der Waals surface area (Å²) in [4.78, 5) is 174. The van der Waals surface area contributed by atoms with E-state index in [2.05, 4.69) is 59.8 Å². The second kappa shape index (κ2) is 48.3. The van der Waals surface area contributed by atoms with E-state index in [1.807, 2.05) is 0 Å². The van der Waals surface area contributed by atoms with Crippen LogP contribution in [0.3, 0.4) is 0 Å². The molecule has 0 bridgehead atoms. The number of rotatable bonds is 52. The summed E-state index contributed by atoms with van der Waals surface area (Å²) in [5.74, 6) is -0.912. The van der Waals surface area contributed by atoms with Gasteiger partial charge in [-0.05, 0) is 27.2 Å². The summed E-state index contributed by atoms with van der Waals surface area (Å²) in [5.41, 5.74) is 26.4. The number of ether oxygens (including phenoxy) is 16. The van der Waals surface area contributed by atoms with Crippen LogP contribution in [0.25, 0.3) is 33.5 Å². The molecule has 0 amide bonds. The monoisotopic (exact) mass is 2210 g/mol. The van der Waals surface area contributed by atoms with E-state index < -0.39 is 257 Å². The summed E-state index contributed by atoms with van der Waals surface area (Å²) >= 11 is 16.8. The van der Waals surface area contributed by atoms with Gasteiger partial charge in [-0.2, -0.15) is 15.0 Å². The van der Waals surface area contributed by atoms with E-state index in [-0.39, 0.29) is 134 Å². The number of H-pyrrole nitrogens is 2. The molecule has 13 N–H and O–H groups in total. The number of nitrogen functional groups attached to an aromatic ring is 5. The van der Waals surface area contributed by atoms with Crippen LogP contribution in [-0.4, -0.2) is 331 Å². The lowest BCUT2D eigenvalue weighted by Crippen LogP contribution is -2.42. The van der Waals surface area contributed by atoms with Crippen molar-refractivity contribution in [3.63, 3.8) is 0 Å². The topological polar surface area (TPSA) is 809 Å². The van der Waals surface area contributed by atoms with E-state index >= 15 is 28.4 Å². The first-order chi connectivity index (χ1) is 69.6. The second-order valence-corrected chi connectivity index (χ2v) is 44.1. The molecule has 70 heteroatoms. The lowest BCUT2D eigenvalue weighted by atomic mass is 10.1. The van der Waals surface area contributed by atoms with E-state index in [4.69, 9.17) is 186 Å². The molecule has 9 aromatic rings. The van der Waals surface area contributed by atoms with Crippen molar-refractivity contribution in [3.8, 4) is 0 Å². The predicted octanol–water partition coefficient (Wildman–Crippen LogP) is -3.83. The maximum absolute atomic E-state index is 15.6. The number of imidazole rings is 3. The number of aryl methyl sites for hydroxylation is 3. The molecule has 6 saturated heterocycles. The van der Waals surface area contributed by atoms with Crippen LogP contribution >= 0.6 is 35.9 Å². The van der Waals surface area contributed by atoms with Crippen molar-refractivity contribution in [1.29, 1.82) is 0 Å². The van der Waals surface area contributed by atoms with Crippen molar-refractivity contribution >= 4 is 134 Å². The first-order valence-electron chi connectivity index (χ1n) is 44.5. The van der Waals surface area contributed by atoms with Gasteiger partial charge in [0.25, 0.3) is 26.8 Å². The summed E-state index contributed by atoms with van der Waals surface area (Å²) < 4.78 is 208. The summed E-state index contributed by atoms with van der Waals surface area (Å²) in [5, 5.41) is 11.8. The molecule has 28 atom stereocenters. The fraction of sp³-hybridized carbons (Fsp3) is 0.645. The lowest BCUT2D eigenvalue weighted by molar-refractivity contribution is -0.241. The van der Waals surface area contributed by atoms with Crippen LogP contribution in [0.1, 0.15) is 73.8 Å². The van der Waals surface area contributed by atoms with Gasteiger partial charge in [0.15, 0.2) is 72.0 Å². The van der Waals surface area contributed by atoms with Crippen LogP contribution in [0.15, 0.2) is 74.2 Å². The Kier molecular flexibility index (Phi) is 37.1. The first kappa shape index (κ1) is 112. The number of hydrogen-bond acceptors (Lipinski definition) is 57. The van der Waals surface area contributed by atoms with Crippen molar-refractivity contribution in [1.82, 2.24) is 87.2 Å². The SMILES string of the molecule is CC[C@H]1O[C@@H](n2cnc3c(N)ncnc32)CC1OP([O-])(=S)OC[C@H]1O[C@@H](n2cnc3c(=O)[nH]c(N)nc32)[C@@H](OCCOC)C1OP(=O)([O-])OC[C@H]1O[C@@H](n2cc(C)c(N)nc2=O)[C@@H](OCCOC)C1OP(=O)([O-])OC[C@H]1O[C@@H](n2cc(C)c(N)nc2=O)[C@@H](OCCOC)C1OP(=O)([S-])OC[C@H]1O[C@@H](n2cnc3c(N)ncnc32)[C@@H](OCCOC)C1OP([O-])(=S)OC[C@H]1O[C@@H](n2cc(C)c(=O)[nH]c2=O)[C@@H](OCCOC)C1O. The molecular formula is C76H105N23O39P5S3-5. The lowest BCUT2D eigenvalue weighted by Gasteiger charge is -2.36. The van der Waals surface area contributed by atoms with Crippen LogP contribution in [0.2, 0.25) is 0 Å². The van der Waals surface area contributed by atoms with Gasteiger partial charge in [-0.3, -0.25) is 60.7 Å². The third-order valence-corrected chi connectivity index (χ3v) is 30.3. The first-order valence-corrected chi connectivity index (χ1v) is 55.1. The zero-order valence-electron chi connectivity index (χ0n) is 78.9. The summed E-state index contributed by atoms with van der Waals surface area (Å²) in [6, 6.07) is 0. The number of nitrogens with two attached hydrogens (primary N) is 5. The molecule has 6 aliphatic heterocycles. The Hall–Kier alpha value is -8.01. The molecule has 9 aromatic heterocycles. The van der Waals surface area contributed by atoms with Crippen molar-refractivity contribution in [3.05, 3.63) is 119 Å². The number of anilines is 5. The Balaban J connectivity index is 0.718. The normalized spacial score (nSPS) is 29.1. The summed E-state index contributed by atoms with van der Waals surface area (Å²) in [7, 11) is -5.72. The molecule has 6 aliphatic rings. The maximum Gasteiger partial charge on any atom is 0.351 e. The van der Waals surface area contributed by atoms with Gasteiger partial charge in [0.05, 0.1) is 130 Å². The average molecular weight is 2220 g/mol. The quantitative estimate of drug-likeness (QED) is 0.0103. The van der Waals surface area contributed by atoms with E-state index in [9.17, 15) is 34.0 Å². The number of aliphatic hydroxyl groups is 1. The van der Waals surface area contributed by atoms with Gasteiger partial charge in [0, 0.05) is 77.3 Å². The Labute approximate surface area is 840 Å². The van der Waals surface area contributed by atoms with Gasteiger partial charge in [0.2, 0.25) is 5.95 Å². The van der Waals surface area contributed by atoms with E-state index in [1.165, 1.54) is 92.3 Å². The second-order valence-electron chi connectivity index (χ2n) is 33.3. The predicted molar refractivity (Wildman–Crippen MR) is 499 cm³/mol. The highest BCUT2D eigenvalue weighted by molar-refractivity contribution is 8.32. The fourth-order valence-electron chi connectivity index (χ4n) is 16.7. The number of methoxy groups -OCH3 is 5. The largest absolute Gasteiger partial charge is 0.780 e. The highest BCUT2D eigenvalue weighted by Crippen LogP contribution is 2.57. The molecule has 146 heavy (non-hydrogen) atoms. The molecule has 6 fully saturated rings. The standard InChI is InChI=1S/C76H110N23O39P5S3/c1-10-38-39(21-45(128-38)97-32-86-46-61(79)82-30-84-63(46)97)134-141(110,144)126-28-43-51(56(120-18-13-115-7)72(132-43)99-34-88-48-65(99)91-73(81)92-67(48)102)136-139(106,107)123-26-41-50(55(119-17-12-114-6)69(130-41)94-22-35(2)59(77)89-74(94)103)135-140(108,109)124-27-42-52(57(121-19-14-116-8)70(131-42)95-23-36(3)60(78)90-75(95)104)137-143(112,146)127-29-44-53(58(122-20-15-117-9)71(133-44)98-33-87-47-62(80)83-31-85-64(47)98)138-142(111,145)125-25-40-49(100)54(118-16-11-113-5)68(129-40)96-24-37(4)66(101)93-76(96)105/h22-24,30-34,38-45,49-58,68-72,100H,10-21,25-29H2,1-9H3,(H,106,107)(H,108,109)(H,110,144)(H,111,145)(H,112,146)(H2,77,89,103)(H2,78,90,104)(H2,79,82,84)(H2,80,83,85)(H,93,101,105)(H3,81,91,92,102)/p-5/t38-,39?,40-,41-,42-,43-,44-,45-,49?,50?,51?,52?,53?,54+,55+,56+,57+,58+,68-,69-,70-,71-,72-,141?,142?,143?/m1/s1. The van der Waals surface area contributed by atoms with Gasteiger partial charge in [-0.15, -0.1) is 0 Å². The van der Waals surface area contributed by atoms with Crippen molar-refractivity contribution < 1.29 is 159 Å². The van der Waals surface area contributed by atoms with E-state index in [0.29, 0.717) is 5.65 Å². The molecule has 62 nitrogen and oxygen atoms in total. The fourth-order valence-corrected chi connectivity index (χ4v) is 22.9. The maximum atomic E-state index is 15.6. The number of nitrogens with zero attached hydrogens (tertiary/aromatic N) is 16. The Morgan fingerprint density at radius 2 is 0.801 bits per heavy atom. The van der Waals surface area contributed by atoms with Gasteiger partial charge >= 0.3 is 17.1 Å². The number of nitrogens with one attached hydrogen (secondary N) is 2. The van der Waals surface area contributed by atoms with Gasteiger partial charge in [0.1, 0.15) is 147 Å². The van der Waals surface area contributed by atoms with E-state index in [1.54, 1.807) is 11.5 Å². The zero-order valence-corrected chi connectivity index (χ0v) is 85.8. The Morgan fingerprint density at radius 3 is 1.27 bits per heavy atom. The van der Waals surface area contributed by atoms with Crippen molar-refractivity contribution in [2.75, 3.05) is 163 Å². The van der Waals surface area contributed by atoms with Crippen molar-refractivity contribution in [2.24, 2.45) is 0 Å². The molecule has 0 radical (unpaired) electrons. The minimum Gasteiger partial charge on any atom is -0.780 e. The molecular weight excluding hydrogens is 2110 g/mol. The van der Waals surface area contributed by atoms with Crippen LogP contribution < -0.4 is 76.4 Å². The van der Waals surface area contributed by atoms with Gasteiger partial charge < -0.3 is 187 Å². The van der Waals surface area contributed by atoms with Crippen LogP contribution in [0, 0.1) is 20.8 Å². The third-order valence-electron chi connectivity index (χ3n) is 23.7. The highest BCUT2D eigenvalue weighted by Gasteiger charge is 2.57. The molecule has 15 heterocycles. The Morgan fingerprint density at radius 1 is 0.418 bits per heavy atom. The van der Waals surface area contributed by atoms with Gasteiger partial charge in [-0.1, -0.05) is 30.5 Å². The third kappa shape index (κ3) is 26.0. The molecule has 0 aliphatic carbocycles. The van der Waals surface area contributed by atoms with E-state index in [0.717, 1.165) is 37.1 Å². The van der Waals surface area contributed by atoms with Crippen molar-refractivity contribution in [2.45, 2.75) is 182 Å². The minimum absolute atomic E-state index is 0.000171. The molecule has 806 valence electrons. The molecule has 0 saturated carbocycles. The molecule has 15 rings (SSSR count). The number of aromatic amines is 2. The summed E-state index contributed by atoms with van der Waals surface area (Å²) in [6.07, 6.45) is -28.3.